The lowest BCUT2D eigenvalue weighted by atomic mass is 9.91. The van der Waals surface area contributed by atoms with E-state index in [1.165, 1.54) is 12.7 Å². The van der Waals surface area contributed by atoms with Crippen molar-refractivity contribution in [3.8, 4) is 0 Å². The highest BCUT2D eigenvalue weighted by Gasteiger charge is 2.15. The average molecular weight is 218 g/mol. The largest absolute Gasteiger partial charge is 0.469 e. The molecule has 0 radical (unpaired) electrons. The van der Waals surface area contributed by atoms with E-state index in [-0.39, 0.29) is 11.9 Å². The summed E-state index contributed by atoms with van der Waals surface area (Å²) in [5, 5.41) is 0. The van der Waals surface area contributed by atoms with Crippen LogP contribution in [0.15, 0.2) is 43.0 Å². The van der Waals surface area contributed by atoms with Gasteiger partial charge in [0.15, 0.2) is 0 Å². The summed E-state index contributed by atoms with van der Waals surface area (Å²) in [7, 11) is 1.43. The van der Waals surface area contributed by atoms with E-state index in [1.54, 1.807) is 0 Å². The Bertz CT molecular complexity index is 330. The molecule has 1 unspecified atom stereocenters. The summed E-state index contributed by atoms with van der Waals surface area (Å²) >= 11 is 0. The topological polar surface area (TPSA) is 26.3 Å². The van der Waals surface area contributed by atoms with Gasteiger partial charge in [-0.25, -0.2) is 0 Å². The number of methoxy groups -OCH3 is 1. The predicted octanol–water partition coefficient (Wildman–Crippen LogP) is 3.30. The summed E-state index contributed by atoms with van der Waals surface area (Å²) in [6.45, 7) is 3.71. The molecule has 0 N–H and O–H groups in total. The van der Waals surface area contributed by atoms with Crippen LogP contribution in [0, 0.1) is 0 Å². The second-order valence-corrected chi connectivity index (χ2v) is 3.75. The van der Waals surface area contributed by atoms with E-state index in [1.807, 2.05) is 24.3 Å². The Morgan fingerprint density at radius 3 is 2.69 bits per heavy atom. The zero-order valence-electron chi connectivity index (χ0n) is 9.69. The van der Waals surface area contributed by atoms with Crippen LogP contribution >= 0.6 is 0 Å². The fourth-order valence-corrected chi connectivity index (χ4v) is 1.72. The molecule has 0 aliphatic heterocycles. The van der Waals surface area contributed by atoms with Gasteiger partial charge in [-0.1, -0.05) is 36.4 Å². The summed E-state index contributed by atoms with van der Waals surface area (Å²) in [6.07, 6.45) is 4.17. The Morgan fingerprint density at radius 2 is 2.12 bits per heavy atom. The van der Waals surface area contributed by atoms with E-state index < -0.39 is 0 Å². The van der Waals surface area contributed by atoms with Gasteiger partial charge in [0.2, 0.25) is 0 Å². The quantitative estimate of drug-likeness (QED) is 0.541. The molecule has 0 bridgehead atoms. The standard InChI is InChI=1S/C14H18O2/c1-3-4-8-13(11-14(15)16-2)12-9-6-5-7-10-12/h3,5-7,9-10,13H,1,4,8,11H2,2H3. The highest BCUT2D eigenvalue weighted by Crippen LogP contribution is 2.25. The third-order valence-corrected chi connectivity index (χ3v) is 2.63. The van der Waals surface area contributed by atoms with Gasteiger partial charge in [-0.15, -0.1) is 6.58 Å². The van der Waals surface area contributed by atoms with Gasteiger partial charge in [-0.05, 0) is 24.3 Å². The van der Waals surface area contributed by atoms with Crippen molar-refractivity contribution in [1.29, 1.82) is 0 Å². The molecule has 0 aromatic heterocycles. The summed E-state index contributed by atoms with van der Waals surface area (Å²) in [4.78, 5) is 11.3. The van der Waals surface area contributed by atoms with E-state index in [4.69, 9.17) is 4.74 Å². The molecule has 0 spiro atoms. The Balaban J connectivity index is 2.70. The molecule has 0 amide bonds. The maximum Gasteiger partial charge on any atom is 0.306 e. The van der Waals surface area contributed by atoms with Gasteiger partial charge in [-0.3, -0.25) is 4.79 Å². The van der Waals surface area contributed by atoms with Gasteiger partial charge in [0.1, 0.15) is 0 Å². The maximum atomic E-state index is 11.3. The second-order valence-electron chi connectivity index (χ2n) is 3.75. The monoisotopic (exact) mass is 218 g/mol. The summed E-state index contributed by atoms with van der Waals surface area (Å²) in [5.41, 5.74) is 1.19. The normalized spacial score (nSPS) is 11.8. The van der Waals surface area contributed by atoms with Crippen molar-refractivity contribution in [2.24, 2.45) is 0 Å². The summed E-state index contributed by atoms with van der Waals surface area (Å²) in [6, 6.07) is 10.1. The summed E-state index contributed by atoms with van der Waals surface area (Å²) < 4.78 is 4.72. The van der Waals surface area contributed by atoms with E-state index in [0.29, 0.717) is 6.42 Å². The van der Waals surface area contributed by atoms with Crippen molar-refractivity contribution in [2.45, 2.75) is 25.2 Å². The molecule has 86 valence electrons. The molecule has 0 aliphatic rings. The van der Waals surface area contributed by atoms with Crippen LogP contribution in [0.25, 0.3) is 0 Å². The first-order valence-corrected chi connectivity index (χ1v) is 5.50. The molecule has 2 nitrogen and oxygen atoms in total. The van der Waals surface area contributed by atoms with Crippen molar-refractivity contribution < 1.29 is 9.53 Å². The van der Waals surface area contributed by atoms with E-state index >= 15 is 0 Å². The lowest BCUT2D eigenvalue weighted by molar-refractivity contribution is -0.141. The zero-order chi connectivity index (χ0) is 11.8. The van der Waals surface area contributed by atoms with E-state index in [2.05, 4.69) is 18.7 Å². The second kappa shape index (κ2) is 6.83. The number of ether oxygens (including phenoxy) is 1. The van der Waals surface area contributed by atoms with Crippen molar-refractivity contribution in [2.75, 3.05) is 7.11 Å². The molecular weight excluding hydrogens is 200 g/mol. The van der Waals surface area contributed by atoms with Crippen LogP contribution in [0.2, 0.25) is 0 Å². The van der Waals surface area contributed by atoms with Gasteiger partial charge < -0.3 is 4.74 Å². The van der Waals surface area contributed by atoms with Crippen LogP contribution in [-0.4, -0.2) is 13.1 Å². The fourth-order valence-electron chi connectivity index (χ4n) is 1.72. The van der Waals surface area contributed by atoms with E-state index in [0.717, 1.165) is 12.8 Å². The van der Waals surface area contributed by atoms with Crippen molar-refractivity contribution in [3.05, 3.63) is 48.6 Å². The minimum Gasteiger partial charge on any atom is -0.469 e. The van der Waals surface area contributed by atoms with Gasteiger partial charge in [0.05, 0.1) is 13.5 Å². The minimum atomic E-state index is -0.155. The van der Waals surface area contributed by atoms with E-state index in [9.17, 15) is 4.79 Å². The number of esters is 1. The lowest BCUT2D eigenvalue weighted by Gasteiger charge is -2.15. The smallest absolute Gasteiger partial charge is 0.306 e. The van der Waals surface area contributed by atoms with Crippen LogP contribution in [0.5, 0.6) is 0 Å². The SMILES string of the molecule is C=CCCC(CC(=O)OC)c1ccccc1. The average Bonchev–Trinajstić information content (AvgIpc) is 2.35. The summed E-state index contributed by atoms with van der Waals surface area (Å²) in [5.74, 6) is 0.0737. The highest BCUT2D eigenvalue weighted by atomic mass is 16.5. The Labute approximate surface area is 96.9 Å². The fraction of sp³-hybridized carbons (Fsp3) is 0.357. The van der Waals surface area contributed by atoms with Crippen molar-refractivity contribution >= 4 is 5.97 Å². The van der Waals surface area contributed by atoms with Crippen LogP contribution in [0.4, 0.5) is 0 Å². The molecule has 16 heavy (non-hydrogen) atoms. The first-order valence-electron chi connectivity index (χ1n) is 5.50. The number of carbonyl (C=O) groups is 1. The molecular formula is C14H18O2. The molecule has 1 aromatic carbocycles. The van der Waals surface area contributed by atoms with Gasteiger partial charge >= 0.3 is 5.97 Å². The first-order chi connectivity index (χ1) is 7.77. The van der Waals surface area contributed by atoms with Gasteiger partial charge in [-0.2, -0.15) is 0 Å². The predicted molar refractivity (Wildman–Crippen MR) is 65.2 cm³/mol. The number of benzene rings is 1. The van der Waals surface area contributed by atoms with Crippen molar-refractivity contribution in [3.63, 3.8) is 0 Å². The molecule has 0 saturated carbocycles. The number of rotatable bonds is 6. The van der Waals surface area contributed by atoms with Crippen molar-refractivity contribution in [1.82, 2.24) is 0 Å². The molecule has 0 fully saturated rings. The number of hydrogen-bond acceptors (Lipinski definition) is 2. The number of hydrogen-bond donors (Lipinski definition) is 0. The van der Waals surface area contributed by atoms with Crippen LogP contribution < -0.4 is 0 Å². The Kier molecular flexibility index (Phi) is 5.34. The third-order valence-electron chi connectivity index (χ3n) is 2.63. The molecule has 0 heterocycles. The Hall–Kier alpha value is -1.57. The molecule has 0 aliphatic carbocycles. The highest BCUT2D eigenvalue weighted by molar-refractivity contribution is 5.70. The maximum absolute atomic E-state index is 11.3. The van der Waals surface area contributed by atoms with Gasteiger partial charge in [0, 0.05) is 0 Å². The first kappa shape index (κ1) is 12.5. The number of allylic oxidation sites excluding steroid dienone is 1. The third kappa shape index (κ3) is 3.89. The minimum absolute atomic E-state index is 0.155. The number of carbonyl (C=O) groups excluding carboxylic acids is 1. The zero-order valence-corrected chi connectivity index (χ0v) is 9.69. The van der Waals surface area contributed by atoms with Gasteiger partial charge in [0.25, 0.3) is 0 Å². The van der Waals surface area contributed by atoms with Crippen LogP contribution in [0.3, 0.4) is 0 Å². The molecule has 1 aromatic rings. The lowest BCUT2D eigenvalue weighted by Crippen LogP contribution is -2.08. The van der Waals surface area contributed by atoms with Crippen LogP contribution in [-0.2, 0) is 9.53 Å². The molecule has 0 saturated heterocycles. The Morgan fingerprint density at radius 1 is 1.44 bits per heavy atom. The van der Waals surface area contributed by atoms with Crippen LogP contribution in [0.1, 0.15) is 30.7 Å². The molecule has 1 rings (SSSR count). The molecule has 2 heteroatoms. The molecule has 1 atom stereocenters.